The van der Waals surface area contributed by atoms with Crippen LogP contribution < -0.4 is 10.6 Å². The lowest BCUT2D eigenvalue weighted by atomic mass is 9.53. The van der Waals surface area contributed by atoms with Crippen LogP contribution in [-0.2, 0) is 11.3 Å². The number of thioether (sulfide) groups is 1. The lowest BCUT2D eigenvalue weighted by Gasteiger charge is -2.56. The molecular formula is C24H30ClN5O2S. The molecule has 0 unspecified atom stereocenters. The van der Waals surface area contributed by atoms with Crippen LogP contribution in [0.3, 0.4) is 0 Å². The SMILES string of the molecule is CCn1c(S[C@H](C)C(=O)NC(=O)NC23CC4CC(CC(C4)C2)C3)nnc1-c1cccc(Cl)c1. The van der Waals surface area contributed by atoms with E-state index < -0.39 is 5.25 Å². The second-order valence-corrected chi connectivity index (χ2v) is 11.7. The van der Waals surface area contributed by atoms with E-state index in [0.717, 1.165) is 42.6 Å². The van der Waals surface area contributed by atoms with Crippen LogP contribution in [0.25, 0.3) is 11.4 Å². The smallest absolute Gasteiger partial charge is 0.321 e. The number of carbonyl (C=O) groups excluding carboxylic acids is 2. The van der Waals surface area contributed by atoms with Crippen molar-refractivity contribution in [2.75, 3.05) is 0 Å². The summed E-state index contributed by atoms with van der Waals surface area (Å²) < 4.78 is 1.95. The van der Waals surface area contributed by atoms with Gasteiger partial charge in [0.2, 0.25) is 5.91 Å². The van der Waals surface area contributed by atoms with Crippen molar-refractivity contribution in [2.24, 2.45) is 17.8 Å². The molecule has 0 spiro atoms. The Morgan fingerprint density at radius 2 is 1.85 bits per heavy atom. The Balaban J connectivity index is 1.21. The summed E-state index contributed by atoms with van der Waals surface area (Å²) in [6.45, 7) is 4.44. The number of halogens is 1. The van der Waals surface area contributed by atoms with E-state index in [9.17, 15) is 9.59 Å². The fraction of sp³-hybridized carbons (Fsp3) is 0.583. The average molecular weight is 488 g/mol. The van der Waals surface area contributed by atoms with Crippen molar-refractivity contribution >= 4 is 35.3 Å². The van der Waals surface area contributed by atoms with Crippen LogP contribution in [0.2, 0.25) is 5.02 Å². The number of urea groups is 1. The number of carbonyl (C=O) groups is 2. The number of amides is 3. The van der Waals surface area contributed by atoms with E-state index in [1.807, 2.05) is 35.8 Å². The monoisotopic (exact) mass is 487 g/mol. The van der Waals surface area contributed by atoms with E-state index in [2.05, 4.69) is 20.8 Å². The number of benzene rings is 1. The van der Waals surface area contributed by atoms with Gasteiger partial charge in [-0.2, -0.15) is 0 Å². The summed E-state index contributed by atoms with van der Waals surface area (Å²) in [5.74, 6) is 2.58. The molecule has 1 aromatic heterocycles. The summed E-state index contributed by atoms with van der Waals surface area (Å²) in [5.41, 5.74) is 0.750. The van der Waals surface area contributed by atoms with E-state index in [4.69, 9.17) is 11.6 Å². The van der Waals surface area contributed by atoms with Gasteiger partial charge in [-0.1, -0.05) is 35.5 Å². The fourth-order valence-corrected chi connectivity index (χ4v) is 7.57. The summed E-state index contributed by atoms with van der Waals surface area (Å²) in [4.78, 5) is 25.5. The minimum Gasteiger partial charge on any atom is -0.332 e. The average Bonchev–Trinajstić information content (AvgIpc) is 3.14. The number of hydrogen-bond acceptors (Lipinski definition) is 5. The second kappa shape index (κ2) is 8.95. The van der Waals surface area contributed by atoms with Crippen LogP contribution in [0.5, 0.6) is 0 Å². The van der Waals surface area contributed by atoms with Gasteiger partial charge in [-0.05, 0) is 82.3 Å². The summed E-state index contributed by atoms with van der Waals surface area (Å²) >= 11 is 7.43. The zero-order chi connectivity index (χ0) is 23.2. The van der Waals surface area contributed by atoms with Crippen LogP contribution >= 0.6 is 23.4 Å². The topological polar surface area (TPSA) is 88.9 Å². The Morgan fingerprint density at radius 1 is 1.18 bits per heavy atom. The minimum absolute atomic E-state index is 0.121. The molecule has 0 radical (unpaired) electrons. The first-order chi connectivity index (χ1) is 15.8. The second-order valence-electron chi connectivity index (χ2n) is 9.96. The molecule has 4 saturated carbocycles. The highest BCUT2D eigenvalue weighted by Gasteiger charge is 2.51. The predicted molar refractivity (Wildman–Crippen MR) is 129 cm³/mol. The maximum absolute atomic E-state index is 12.8. The van der Waals surface area contributed by atoms with Crippen molar-refractivity contribution in [3.8, 4) is 11.4 Å². The summed E-state index contributed by atoms with van der Waals surface area (Å²) in [6, 6.07) is 7.09. The molecular weight excluding hydrogens is 458 g/mol. The first-order valence-corrected chi connectivity index (χ1v) is 13.1. The van der Waals surface area contributed by atoms with Gasteiger partial charge in [0.15, 0.2) is 11.0 Å². The molecule has 9 heteroatoms. The van der Waals surface area contributed by atoms with Gasteiger partial charge in [-0.15, -0.1) is 10.2 Å². The summed E-state index contributed by atoms with van der Waals surface area (Å²) in [7, 11) is 0. The van der Waals surface area contributed by atoms with Crippen LogP contribution in [0.4, 0.5) is 4.79 Å². The summed E-state index contributed by atoms with van der Waals surface area (Å²) in [6.07, 6.45) is 7.09. The van der Waals surface area contributed by atoms with Crippen molar-refractivity contribution in [2.45, 2.75) is 74.9 Å². The third-order valence-corrected chi connectivity index (χ3v) is 8.74. The van der Waals surface area contributed by atoms with Crippen molar-refractivity contribution in [3.63, 3.8) is 0 Å². The Kier molecular flexibility index (Phi) is 6.16. The van der Waals surface area contributed by atoms with Crippen molar-refractivity contribution in [1.29, 1.82) is 0 Å². The minimum atomic E-state index is -0.492. The Labute approximate surface area is 203 Å². The molecule has 4 aliphatic carbocycles. The molecule has 1 atom stereocenters. The Morgan fingerprint density at radius 3 is 2.45 bits per heavy atom. The number of nitrogens with zero attached hydrogens (tertiary/aromatic N) is 3. The van der Waals surface area contributed by atoms with Gasteiger partial charge in [0, 0.05) is 22.7 Å². The van der Waals surface area contributed by atoms with E-state index in [1.54, 1.807) is 6.92 Å². The Bertz CT molecular complexity index is 1040. The molecule has 1 heterocycles. The van der Waals surface area contributed by atoms with E-state index in [0.29, 0.717) is 22.5 Å². The third-order valence-electron chi connectivity index (χ3n) is 7.42. The van der Waals surface area contributed by atoms with Crippen LogP contribution in [0.1, 0.15) is 52.4 Å². The molecule has 6 rings (SSSR count). The standard InChI is InChI=1S/C24H30ClN5O2S/c1-3-30-20(18-5-4-6-19(25)10-18)28-29-23(30)33-14(2)21(31)26-22(32)27-24-11-15-7-16(12-24)9-17(8-15)13-24/h4-6,10,14-17H,3,7-9,11-13H2,1-2H3,(H2,26,27,31,32)/t14-,15?,16?,17?,24?/m1/s1. The lowest BCUT2D eigenvalue weighted by Crippen LogP contribution is -2.62. The number of imide groups is 1. The van der Waals surface area contributed by atoms with Crippen molar-refractivity contribution in [3.05, 3.63) is 29.3 Å². The van der Waals surface area contributed by atoms with Crippen molar-refractivity contribution < 1.29 is 9.59 Å². The highest BCUT2D eigenvalue weighted by molar-refractivity contribution is 8.00. The molecule has 0 saturated heterocycles. The molecule has 2 N–H and O–H groups in total. The first kappa shape index (κ1) is 22.7. The first-order valence-electron chi connectivity index (χ1n) is 11.8. The van der Waals surface area contributed by atoms with Crippen LogP contribution in [-0.4, -0.2) is 37.5 Å². The predicted octanol–water partition coefficient (Wildman–Crippen LogP) is 4.89. The van der Waals surface area contributed by atoms with Gasteiger partial charge in [-0.3, -0.25) is 10.1 Å². The molecule has 4 fully saturated rings. The van der Waals surface area contributed by atoms with Gasteiger partial charge in [0.05, 0.1) is 5.25 Å². The van der Waals surface area contributed by atoms with E-state index in [1.165, 1.54) is 31.0 Å². The lowest BCUT2D eigenvalue weighted by molar-refractivity contribution is -0.119. The number of rotatable bonds is 6. The maximum Gasteiger partial charge on any atom is 0.321 e. The third kappa shape index (κ3) is 4.64. The van der Waals surface area contributed by atoms with Crippen molar-refractivity contribution in [1.82, 2.24) is 25.4 Å². The largest absolute Gasteiger partial charge is 0.332 e. The van der Waals surface area contributed by atoms with Gasteiger partial charge in [0.1, 0.15) is 0 Å². The van der Waals surface area contributed by atoms with Crippen LogP contribution in [0.15, 0.2) is 29.4 Å². The van der Waals surface area contributed by atoms with Gasteiger partial charge in [-0.25, -0.2) is 4.79 Å². The van der Waals surface area contributed by atoms with E-state index in [-0.39, 0.29) is 17.5 Å². The zero-order valence-corrected chi connectivity index (χ0v) is 20.6. The maximum atomic E-state index is 12.8. The molecule has 7 nitrogen and oxygen atoms in total. The quantitative estimate of drug-likeness (QED) is 0.566. The number of hydrogen-bond donors (Lipinski definition) is 2. The molecule has 176 valence electrons. The number of aromatic nitrogens is 3. The van der Waals surface area contributed by atoms with Gasteiger partial charge in [0.25, 0.3) is 0 Å². The molecule has 0 aliphatic heterocycles. The molecule has 4 aliphatic rings. The zero-order valence-electron chi connectivity index (χ0n) is 19.0. The number of nitrogens with one attached hydrogen (secondary N) is 2. The Hall–Kier alpha value is -2.06. The highest BCUT2D eigenvalue weighted by Crippen LogP contribution is 2.55. The molecule has 2 aromatic rings. The van der Waals surface area contributed by atoms with Gasteiger partial charge >= 0.3 is 6.03 Å². The normalized spacial score (nSPS) is 28.5. The molecule has 33 heavy (non-hydrogen) atoms. The molecule has 4 bridgehead atoms. The van der Waals surface area contributed by atoms with Gasteiger partial charge < -0.3 is 9.88 Å². The van der Waals surface area contributed by atoms with Crippen LogP contribution in [0, 0.1) is 17.8 Å². The van der Waals surface area contributed by atoms with E-state index >= 15 is 0 Å². The fourth-order valence-electron chi connectivity index (χ4n) is 6.46. The highest BCUT2D eigenvalue weighted by atomic mass is 35.5. The molecule has 1 aromatic carbocycles. The molecule has 3 amide bonds. The summed E-state index contributed by atoms with van der Waals surface area (Å²) in [5, 5.41) is 15.2.